The molecule has 7 nitrogen and oxygen atoms in total. The summed E-state index contributed by atoms with van der Waals surface area (Å²) < 4.78 is 0. The molecule has 7 heteroatoms. The fourth-order valence-corrected chi connectivity index (χ4v) is 3.13. The third-order valence-corrected chi connectivity index (χ3v) is 4.27. The maximum absolute atomic E-state index is 12.6. The molecule has 0 radical (unpaired) electrons. The molecule has 22 heavy (non-hydrogen) atoms. The van der Waals surface area contributed by atoms with Gasteiger partial charge in [-0.3, -0.25) is 24.6 Å². The number of carbonyl (C=O) groups is 2. The van der Waals surface area contributed by atoms with E-state index < -0.39 is 4.92 Å². The van der Waals surface area contributed by atoms with Crippen molar-refractivity contribution in [2.45, 2.75) is 31.7 Å². The number of nitrogens with zero attached hydrogens (tertiary/aromatic N) is 3. The van der Waals surface area contributed by atoms with E-state index >= 15 is 0 Å². The second-order valence-electron chi connectivity index (χ2n) is 5.66. The maximum atomic E-state index is 12.6. The molecule has 2 heterocycles. The first kappa shape index (κ1) is 14.6. The number of anilines is 1. The number of piperidine rings is 1. The monoisotopic (exact) mass is 303 g/mol. The van der Waals surface area contributed by atoms with Crippen LogP contribution in [0.25, 0.3) is 0 Å². The Kier molecular flexibility index (Phi) is 3.89. The second kappa shape index (κ2) is 5.84. The number of nitro groups is 1. The molecule has 1 aromatic carbocycles. The molecule has 0 N–H and O–H groups in total. The normalized spacial score (nSPS) is 23.1. The van der Waals surface area contributed by atoms with Gasteiger partial charge in [0.25, 0.3) is 11.6 Å². The average molecular weight is 303 g/mol. The highest BCUT2D eigenvalue weighted by atomic mass is 16.6. The highest BCUT2D eigenvalue weighted by Crippen LogP contribution is 2.28. The summed E-state index contributed by atoms with van der Waals surface area (Å²) in [5.41, 5.74) is 0.343. The molecule has 1 aromatic rings. The minimum atomic E-state index is -0.506. The number of rotatable bonds is 3. The van der Waals surface area contributed by atoms with Gasteiger partial charge in [0, 0.05) is 12.1 Å². The van der Waals surface area contributed by atoms with Crippen molar-refractivity contribution in [3.05, 3.63) is 34.4 Å². The molecular weight excluding hydrogens is 286 g/mol. The van der Waals surface area contributed by atoms with E-state index in [0.29, 0.717) is 5.69 Å². The van der Waals surface area contributed by atoms with Crippen LogP contribution in [-0.4, -0.2) is 40.8 Å². The number of amides is 2. The van der Waals surface area contributed by atoms with E-state index in [1.807, 2.05) is 0 Å². The lowest BCUT2D eigenvalue weighted by molar-refractivity contribution is -0.384. The van der Waals surface area contributed by atoms with Gasteiger partial charge < -0.3 is 0 Å². The number of hydrogen-bond acceptors (Lipinski definition) is 5. The highest BCUT2D eigenvalue weighted by Gasteiger charge is 2.42. The number of likely N-dealkylation sites (tertiary alicyclic amines) is 1. The first-order chi connectivity index (χ1) is 10.6. The number of imide groups is 1. The number of non-ortho nitro benzene ring substituents is 1. The molecule has 1 atom stereocenters. The van der Waals surface area contributed by atoms with Crippen molar-refractivity contribution in [2.75, 3.05) is 18.0 Å². The second-order valence-corrected chi connectivity index (χ2v) is 5.66. The predicted octanol–water partition coefficient (Wildman–Crippen LogP) is 1.71. The number of nitro benzene ring substituents is 1. The van der Waals surface area contributed by atoms with E-state index in [2.05, 4.69) is 4.90 Å². The van der Waals surface area contributed by atoms with Crippen LogP contribution in [0, 0.1) is 10.1 Å². The van der Waals surface area contributed by atoms with E-state index in [-0.39, 0.29) is 30.0 Å². The van der Waals surface area contributed by atoms with Gasteiger partial charge in [-0.2, -0.15) is 0 Å². The molecule has 2 fully saturated rings. The van der Waals surface area contributed by atoms with Crippen molar-refractivity contribution in [3.8, 4) is 0 Å². The average Bonchev–Trinajstić information content (AvgIpc) is 2.83. The van der Waals surface area contributed by atoms with Gasteiger partial charge in [-0.05, 0) is 38.1 Å². The van der Waals surface area contributed by atoms with Gasteiger partial charge in [0.05, 0.1) is 23.1 Å². The highest BCUT2D eigenvalue weighted by molar-refractivity contribution is 6.22. The first-order valence-corrected chi connectivity index (χ1v) is 7.43. The van der Waals surface area contributed by atoms with Gasteiger partial charge in [-0.15, -0.1) is 0 Å². The van der Waals surface area contributed by atoms with Gasteiger partial charge >= 0.3 is 0 Å². The Bertz CT molecular complexity index is 608. The van der Waals surface area contributed by atoms with Crippen LogP contribution in [0.3, 0.4) is 0 Å². The first-order valence-electron chi connectivity index (χ1n) is 7.43. The van der Waals surface area contributed by atoms with Crippen LogP contribution in [-0.2, 0) is 9.59 Å². The number of benzene rings is 1. The molecule has 2 saturated heterocycles. The lowest BCUT2D eigenvalue weighted by Gasteiger charge is -2.30. The topological polar surface area (TPSA) is 83.8 Å². The van der Waals surface area contributed by atoms with Crippen LogP contribution < -0.4 is 4.90 Å². The van der Waals surface area contributed by atoms with E-state index in [4.69, 9.17) is 0 Å². The zero-order chi connectivity index (χ0) is 15.7. The van der Waals surface area contributed by atoms with Gasteiger partial charge in [-0.25, -0.2) is 4.90 Å². The largest absolute Gasteiger partial charge is 0.292 e. The smallest absolute Gasteiger partial charge is 0.269 e. The van der Waals surface area contributed by atoms with Gasteiger partial charge in [0.2, 0.25) is 5.91 Å². The molecule has 0 bridgehead atoms. The minimum Gasteiger partial charge on any atom is -0.292 e. The van der Waals surface area contributed by atoms with Crippen molar-refractivity contribution in [1.29, 1.82) is 0 Å². The van der Waals surface area contributed by atoms with Gasteiger partial charge in [0.15, 0.2) is 0 Å². The lowest BCUT2D eigenvalue weighted by atomic mass is 10.1. The van der Waals surface area contributed by atoms with Crippen LogP contribution in [0.2, 0.25) is 0 Å². The lowest BCUT2D eigenvalue weighted by Crippen LogP contribution is -2.44. The minimum absolute atomic E-state index is 0.0598. The van der Waals surface area contributed by atoms with E-state index in [1.165, 1.54) is 24.3 Å². The van der Waals surface area contributed by atoms with Crippen LogP contribution >= 0.6 is 0 Å². The Morgan fingerprint density at radius 3 is 2.27 bits per heavy atom. The third-order valence-electron chi connectivity index (χ3n) is 4.27. The molecule has 3 rings (SSSR count). The molecule has 2 aliphatic heterocycles. The molecule has 2 amide bonds. The van der Waals surface area contributed by atoms with Crippen LogP contribution in [0.1, 0.15) is 25.7 Å². The third kappa shape index (κ3) is 2.59. The Morgan fingerprint density at radius 2 is 1.68 bits per heavy atom. The van der Waals surface area contributed by atoms with Crippen LogP contribution in [0.15, 0.2) is 24.3 Å². The zero-order valence-electron chi connectivity index (χ0n) is 12.1. The molecule has 0 aromatic heterocycles. The molecule has 0 saturated carbocycles. The SMILES string of the molecule is O=C1CC(N2CCCCC2)C(=O)N1c1ccc([N+](=O)[O-])cc1. The van der Waals surface area contributed by atoms with Crippen molar-refractivity contribution < 1.29 is 14.5 Å². The summed E-state index contributed by atoms with van der Waals surface area (Å²) >= 11 is 0. The fourth-order valence-electron chi connectivity index (χ4n) is 3.13. The molecule has 116 valence electrons. The maximum Gasteiger partial charge on any atom is 0.269 e. The molecule has 1 unspecified atom stereocenters. The summed E-state index contributed by atoms with van der Waals surface area (Å²) in [6.45, 7) is 1.69. The Balaban J connectivity index is 1.80. The fraction of sp³-hybridized carbons (Fsp3) is 0.467. The van der Waals surface area contributed by atoms with Crippen molar-refractivity contribution >= 4 is 23.2 Å². The van der Waals surface area contributed by atoms with Gasteiger partial charge in [0.1, 0.15) is 0 Å². The standard InChI is InChI=1S/C15H17N3O4/c19-14-10-13(16-8-2-1-3-9-16)15(20)17(14)11-4-6-12(7-5-11)18(21)22/h4-7,13H,1-3,8-10H2. The molecule has 0 aliphatic carbocycles. The summed E-state index contributed by atoms with van der Waals surface area (Å²) in [5.74, 6) is -0.463. The van der Waals surface area contributed by atoms with Crippen molar-refractivity contribution in [1.82, 2.24) is 4.90 Å². The number of hydrogen-bond donors (Lipinski definition) is 0. The zero-order valence-corrected chi connectivity index (χ0v) is 12.1. The Hall–Kier alpha value is -2.28. The molecular formula is C15H17N3O4. The quantitative estimate of drug-likeness (QED) is 0.482. The van der Waals surface area contributed by atoms with E-state index in [1.54, 1.807) is 0 Å². The van der Waals surface area contributed by atoms with E-state index in [9.17, 15) is 19.7 Å². The Morgan fingerprint density at radius 1 is 1.05 bits per heavy atom. The summed E-state index contributed by atoms with van der Waals surface area (Å²) in [6.07, 6.45) is 3.46. The molecule has 2 aliphatic rings. The van der Waals surface area contributed by atoms with Crippen molar-refractivity contribution in [3.63, 3.8) is 0 Å². The van der Waals surface area contributed by atoms with Gasteiger partial charge in [-0.1, -0.05) is 6.42 Å². The summed E-state index contributed by atoms with van der Waals surface area (Å²) in [7, 11) is 0. The number of carbonyl (C=O) groups excluding carboxylic acids is 2. The van der Waals surface area contributed by atoms with Crippen LogP contribution in [0.5, 0.6) is 0 Å². The van der Waals surface area contributed by atoms with Crippen LogP contribution in [0.4, 0.5) is 11.4 Å². The summed E-state index contributed by atoms with van der Waals surface area (Å²) in [5, 5.41) is 10.7. The molecule has 0 spiro atoms. The summed E-state index contributed by atoms with van der Waals surface area (Å²) in [6, 6.07) is 5.13. The summed E-state index contributed by atoms with van der Waals surface area (Å²) in [4.78, 5) is 38.2. The van der Waals surface area contributed by atoms with Crippen molar-refractivity contribution in [2.24, 2.45) is 0 Å². The Labute approximate surface area is 127 Å². The van der Waals surface area contributed by atoms with E-state index in [0.717, 1.165) is 37.3 Å². The predicted molar refractivity (Wildman–Crippen MR) is 79.4 cm³/mol.